The van der Waals surface area contributed by atoms with Gasteiger partial charge in [-0.05, 0) is 68.2 Å². The Hall–Kier alpha value is -1.70. The minimum Gasteiger partial charge on any atom is -0.261 e. The predicted molar refractivity (Wildman–Crippen MR) is 157 cm³/mol. The minimum absolute atomic E-state index is 0.911. The molecule has 202 valence electrons. The third-order valence-corrected chi connectivity index (χ3v) is 7.97. The first-order valence-corrected chi connectivity index (χ1v) is 15.6. The first-order chi connectivity index (χ1) is 17.8. The molecule has 0 aliphatic heterocycles. The highest BCUT2D eigenvalue weighted by molar-refractivity contribution is 5.04. The van der Waals surface area contributed by atoms with Gasteiger partial charge in [0, 0.05) is 23.8 Å². The molecule has 0 saturated carbocycles. The highest BCUT2D eigenvalue weighted by Gasteiger charge is 2.20. The normalized spacial score (nSPS) is 13.1. The molecule has 2 rings (SSSR count). The summed E-state index contributed by atoms with van der Waals surface area (Å²) < 4.78 is 0. The van der Waals surface area contributed by atoms with Crippen molar-refractivity contribution in [1.29, 1.82) is 0 Å². The van der Waals surface area contributed by atoms with E-state index in [9.17, 15) is 0 Å². The van der Waals surface area contributed by atoms with Gasteiger partial charge in [0.15, 0.2) is 0 Å². The third kappa shape index (κ3) is 14.8. The average Bonchev–Trinajstić information content (AvgIpc) is 2.91. The van der Waals surface area contributed by atoms with Gasteiger partial charge in [0.05, 0.1) is 0 Å². The van der Waals surface area contributed by atoms with Crippen molar-refractivity contribution >= 4 is 0 Å². The van der Waals surface area contributed by atoms with Crippen LogP contribution in [0.4, 0.5) is 0 Å². The molecular weight excluding hydrogens is 436 g/mol. The van der Waals surface area contributed by atoms with E-state index in [1.165, 1.54) is 127 Å². The average molecular weight is 493 g/mol. The summed E-state index contributed by atoms with van der Waals surface area (Å²) in [5, 5.41) is 0. The van der Waals surface area contributed by atoms with E-state index in [1.54, 1.807) is 0 Å². The molecule has 0 bridgehead atoms. The molecule has 2 atom stereocenters. The van der Waals surface area contributed by atoms with Crippen molar-refractivity contribution in [3.05, 3.63) is 60.2 Å². The molecular formula is C34H56N2. The van der Waals surface area contributed by atoms with Crippen molar-refractivity contribution < 1.29 is 0 Å². The lowest BCUT2D eigenvalue weighted by atomic mass is 9.78. The van der Waals surface area contributed by atoms with Crippen molar-refractivity contribution in [2.75, 3.05) is 0 Å². The van der Waals surface area contributed by atoms with Crippen LogP contribution in [-0.4, -0.2) is 9.97 Å². The molecule has 0 N–H and O–H groups in total. The number of aromatic nitrogens is 2. The number of aryl methyl sites for hydroxylation is 2. The third-order valence-electron chi connectivity index (χ3n) is 7.97. The molecule has 0 amide bonds. The van der Waals surface area contributed by atoms with Gasteiger partial charge in [-0.25, -0.2) is 0 Å². The molecule has 2 heterocycles. The van der Waals surface area contributed by atoms with E-state index >= 15 is 0 Å². The van der Waals surface area contributed by atoms with Crippen molar-refractivity contribution in [2.45, 2.75) is 142 Å². The van der Waals surface area contributed by atoms with E-state index in [1.807, 2.05) is 24.5 Å². The molecule has 0 saturated heterocycles. The molecule has 0 aliphatic rings. The Bertz CT molecular complexity index is 714. The standard InChI is InChI=1S/C34H56N2/c1-3-5-6-7-10-13-22-31(21-4-2)32(24-20-28-34-27-17-19-30-36-34)23-14-11-8-9-12-15-25-33-26-16-18-29-35-33/h16-19,26-27,29-32H,3-15,20-25,28H2,1-2H3. The monoisotopic (exact) mass is 492 g/mol. The van der Waals surface area contributed by atoms with Gasteiger partial charge < -0.3 is 0 Å². The van der Waals surface area contributed by atoms with Gasteiger partial charge in [-0.2, -0.15) is 0 Å². The lowest BCUT2D eigenvalue weighted by molar-refractivity contribution is 0.242. The maximum absolute atomic E-state index is 4.57. The Balaban J connectivity index is 1.71. The summed E-state index contributed by atoms with van der Waals surface area (Å²) in [7, 11) is 0. The zero-order valence-corrected chi connectivity index (χ0v) is 23.8. The number of rotatable bonds is 23. The highest BCUT2D eigenvalue weighted by atomic mass is 14.7. The molecule has 0 spiro atoms. The second-order valence-corrected chi connectivity index (χ2v) is 11.1. The fourth-order valence-electron chi connectivity index (χ4n) is 5.85. The second kappa shape index (κ2) is 21.4. The SMILES string of the molecule is CCCCCCCCC(CCC)C(CCCCCCCCc1ccccn1)CCCc1ccccn1. The summed E-state index contributed by atoms with van der Waals surface area (Å²) in [5.41, 5.74) is 2.52. The lowest BCUT2D eigenvalue weighted by Gasteiger charge is -2.27. The zero-order chi connectivity index (χ0) is 25.5. The van der Waals surface area contributed by atoms with E-state index in [-0.39, 0.29) is 0 Å². The summed E-state index contributed by atoms with van der Waals surface area (Å²) in [6, 6.07) is 12.6. The number of hydrogen-bond donors (Lipinski definition) is 0. The predicted octanol–water partition coefficient (Wildman–Crippen LogP) is 10.6. The molecule has 0 aromatic carbocycles. The maximum atomic E-state index is 4.57. The summed E-state index contributed by atoms with van der Waals surface area (Å²) >= 11 is 0. The van der Waals surface area contributed by atoms with Crippen LogP contribution in [0.1, 0.15) is 141 Å². The number of unbranched alkanes of at least 4 members (excludes halogenated alkanes) is 10. The van der Waals surface area contributed by atoms with E-state index in [0.29, 0.717) is 0 Å². The van der Waals surface area contributed by atoms with E-state index in [4.69, 9.17) is 0 Å². The summed E-state index contributed by atoms with van der Waals surface area (Å²) in [6.07, 6.45) is 31.3. The number of hydrogen-bond acceptors (Lipinski definition) is 2. The molecule has 36 heavy (non-hydrogen) atoms. The van der Waals surface area contributed by atoms with Gasteiger partial charge >= 0.3 is 0 Å². The first kappa shape index (κ1) is 30.5. The highest BCUT2D eigenvalue weighted by Crippen LogP contribution is 2.32. The van der Waals surface area contributed by atoms with Crippen LogP contribution in [0.25, 0.3) is 0 Å². The minimum atomic E-state index is 0.911. The molecule has 0 aliphatic carbocycles. The van der Waals surface area contributed by atoms with Crippen LogP contribution in [0.3, 0.4) is 0 Å². The van der Waals surface area contributed by atoms with Crippen LogP contribution >= 0.6 is 0 Å². The Kier molecular flexibility index (Phi) is 18.1. The smallest absolute Gasteiger partial charge is 0.0403 e. The Morgan fingerprint density at radius 1 is 0.472 bits per heavy atom. The van der Waals surface area contributed by atoms with Gasteiger partial charge in [0.25, 0.3) is 0 Å². The van der Waals surface area contributed by atoms with Crippen LogP contribution in [0, 0.1) is 11.8 Å². The molecule has 0 radical (unpaired) electrons. The van der Waals surface area contributed by atoms with Crippen molar-refractivity contribution in [1.82, 2.24) is 9.97 Å². The molecule has 2 heteroatoms. The van der Waals surface area contributed by atoms with E-state index < -0.39 is 0 Å². The van der Waals surface area contributed by atoms with Crippen molar-refractivity contribution in [3.63, 3.8) is 0 Å². The Labute approximate surface area is 224 Å². The van der Waals surface area contributed by atoms with Gasteiger partial charge in [0.2, 0.25) is 0 Å². The molecule has 0 fully saturated rings. The quantitative estimate of drug-likeness (QED) is 0.144. The van der Waals surface area contributed by atoms with Gasteiger partial charge in [-0.3, -0.25) is 9.97 Å². The first-order valence-electron chi connectivity index (χ1n) is 15.6. The van der Waals surface area contributed by atoms with Gasteiger partial charge in [-0.1, -0.05) is 122 Å². The van der Waals surface area contributed by atoms with Crippen LogP contribution < -0.4 is 0 Å². The largest absolute Gasteiger partial charge is 0.261 e. The number of nitrogens with zero attached hydrogens (tertiary/aromatic N) is 2. The Morgan fingerprint density at radius 2 is 0.944 bits per heavy atom. The summed E-state index contributed by atoms with van der Waals surface area (Å²) in [5.74, 6) is 1.84. The fourth-order valence-corrected chi connectivity index (χ4v) is 5.85. The van der Waals surface area contributed by atoms with Crippen molar-refractivity contribution in [2.24, 2.45) is 11.8 Å². The van der Waals surface area contributed by atoms with Crippen LogP contribution in [-0.2, 0) is 12.8 Å². The Morgan fingerprint density at radius 3 is 1.47 bits per heavy atom. The second-order valence-electron chi connectivity index (χ2n) is 11.1. The van der Waals surface area contributed by atoms with Crippen LogP contribution in [0.5, 0.6) is 0 Å². The van der Waals surface area contributed by atoms with Gasteiger partial charge in [0.1, 0.15) is 0 Å². The maximum Gasteiger partial charge on any atom is 0.0403 e. The molecule has 2 nitrogen and oxygen atoms in total. The van der Waals surface area contributed by atoms with Crippen LogP contribution in [0.15, 0.2) is 48.8 Å². The molecule has 2 aromatic heterocycles. The zero-order valence-electron chi connectivity index (χ0n) is 23.8. The van der Waals surface area contributed by atoms with Gasteiger partial charge in [-0.15, -0.1) is 0 Å². The van der Waals surface area contributed by atoms with Crippen molar-refractivity contribution in [3.8, 4) is 0 Å². The van der Waals surface area contributed by atoms with E-state index in [2.05, 4.69) is 48.1 Å². The fraction of sp³-hybridized carbons (Fsp3) is 0.706. The topological polar surface area (TPSA) is 25.8 Å². The molecule has 2 aromatic rings. The molecule has 2 unspecified atom stereocenters. The summed E-state index contributed by atoms with van der Waals surface area (Å²) in [4.78, 5) is 9.02. The number of pyridine rings is 2. The van der Waals surface area contributed by atoms with Crippen LogP contribution in [0.2, 0.25) is 0 Å². The summed E-state index contributed by atoms with van der Waals surface area (Å²) in [6.45, 7) is 4.71. The lowest BCUT2D eigenvalue weighted by Crippen LogP contribution is -2.16. The van der Waals surface area contributed by atoms with E-state index in [0.717, 1.165) is 24.7 Å².